The van der Waals surface area contributed by atoms with Crippen LogP contribution in [0, 0.1) is 11.8 Å². The summed E-state index contributed by atoms with van der Waals surface area (Å²) in [5.74, 6) is 1.15. The Kier molecular flexibility index (Phi) is 3.75. The smallest absolute Gasteiger partial charge is 0.410 e. The van der Waals surface area contributed by atoms with Crippen molar-refractivity contribution in [2.75, 3.05) is 6.61 Å². The van der Waals surface area contributed by atoms with Crippen molar-refractivity contribution in [3.63, 3.8) is 0 Å². The van der Waals surface area contributed by atoms with E-state index in [1.165, 1.54) is 6.42 Å². The van der Waals surface area contributed by atoms with Gasteiger partial charge < -0.3 is 4.74 Å². The summed E-state index contributed by atoms with van der Waals surface area (Å²) in [5, 5.41) is 0. The second-order valence-corrected chi connectivity index (χ2v) is 5.50. The molecule has 0 radical (unpaired) electrons. The molecule has 96 valence electrons. The summed E-state index contributed by atoms with van der Waals surface area (Å²) in [7, 11) is 0. The maximum Gasteiger partial charge on any atom is 0.410 e. The van der Waals surface area contributed by atoms with E-state index in [4.69, 9.17) is 4.74 Å². The van der Waals surface area contributed by atoms with Gasteiger partial charge in [-0.3, -0.25) is 4.90 Å². The normalized spacial score (nSPS) is 31.1. The van der Waals surface area contributed by atoms with Gasteiger partial charge in [0.1, 0.15) is 0 Å². The highest BCUT2D eigenvalue weighted by Crippen LogP contribution is 2.37. The van der Waals surface area contributed by atoms with E-state index in [9.17, 15) is 4.79 Å². The van der Waals surface area contributed by atoms with Crippen LogP contribution >= 0.6 is 0 Å². The highest BCUT2D eigenvalue weighted by atomic mass is 16.6. The van der Waals surface area contributed by atoms with Crippen LogP contribution in [0.25, 0.3) is 0 Å². The van der Waals surface area contributed by atoms with Gasteiger partial charge in [-0.1, -0.05) is 26.0 Å². The van der Waals surface area contributed by atoms with Crippen LogP contribution in [-0.2, 0) is 4.74 Å². The molecule has 1 amide bonds. The molecule has 0 spiro atoms. The van der Waals surface area contributed by atoms with Crippen LogP contribution in [0.3, 0.4) is 0 Å². The van der Waals surface area contributed by atoms with Gasteiger partial charge in [0.2, 0.25) is 0 Å². The molecule has 3 nitrogen and oxygen atoms in total. The average molecular weight is 237 g/mol. The van der Waals surface area contributed by atoms with Gasteiger partial charge in [-0.05, 0) is 38.0 Å². The third-order valence-electron chi connectivity index (χ3n) is 3.78. The lowest BCUT2D eigenvalue weighted by molar-refractivity contribution is 0.0321. The van der Waals surface area contributed by atoms with Gasteiger partial charge in [0.15, 0.2) is 0 Å². The fourth-order valence-corrected chi connectivity index (χ4v) is 3.07. The first-order chi connectivity index (χ1) is 8.13. The van der Waals surface area contributed by atoms with Crippen molar-refractivity contribution in [3.05, 3.63) is 12.2 Å². The Labute approximate surface area is 104 Å². The Morgan fingerprint density at radius 2 is 2.18 bits per heavy atom. The van der Waals surface area contributed by atoms with Crippen molar-refractivity contribution in [2.45, 2.75) is 52.1 Å². The van der Waals surface area contributed by atoms with Crippen molar-refractivity contribution in [2.24, 2.45) is 11.8 Å². The van der Waals surface area contributed by atoms with E-state index >= 15 is 0 Å². The molecular weight excluding hydrogens is 214 g/mol. The maximum absolute atomic E-state index is 12.0. The average Bonchev–Trinajstić information content (AvgIpc) is 2.29. The topological polar surface area (TPSA) is 29.5 Å². The van der Waals surface area contributed by atoms with Crippen LogP contribution in [0.1, 0.15) is 40.0 Å². The monoisotopic (exact) mass is 237 g/mol. The van der Waals surface area contributed by atoms with Crippen LogP contribution in [-0.4, -0.2) is 29.7 Å². The zero-order valence-corrected chi connectivity index (χ0v) is 11.1. The Balaban J connectivity index is 2.14. The van der Waals surface area contributed by atoms with Gasteiger partial charge >= 0.3 is 6.09 Å². The molecular formula is C14H23NO2. The number of ether oxygens (including phenoxy) is 1. The van der Waals surface area contributed by atoms with Crippen molar-refractivity contribution in [1.82, 2.24) is 4.90 Å². The molecule has 2 bridgehead atoms. The summed E-state index contributed by atoms with van der Waals surface area (Å²) >= 11 is 0. The lowest BCUT2D eigenvalue weighted by atomic mass is 9.77. The second-order valence-electron chi connectivity index (χ2n) is 5.50. The number of fused-ring (bicyclic) bond motifs is 2. The summed E-state index contributed by atoms with van der Waals surface area (Å²) in [6, 6.07) is 0.612. The van der Waals surface area contributed by atoms with E-state index in [1.807, 2.05) is 11.8 Å². The minimum atomic E-state index is -0.128. The van der Waals surface area contributed by atoms with Crippen LogP contribution in [0.5, 0.6) is 0 Å². The van der Waals surface area contributed by atoms with E-state index in [0.29, 0.717) is 24.5 Å². The molecule has 0 unspecified atom stereocenters. The first kappa shape index (κ1) is 12.5. The van der Waals surface area contributed by atoms with Crippen molar-refractivity contribution in [1.29, 1.82) is 0 Å². The van der Waals surface area contributed by atoms with Gasteiger partial charge in [0.05, 0.1) is 12.6 Å². The molecule has 1 fully saturated rings. The number of hydrogen-bond acceptors (Lipinski definition) is 2. The second kappa shape index (κ2) is 5.11. The number of nitrogens with zero attached hydrogens (tertiary/aromatic N) is 1. The third kappa shape index (κ3) is 2.48. The molecule has 0 aromatic rings. The van der Waals surface area contributed by atoms with E-state index in [-0.39, 0.29) is 12.1 Å². The summed E-state index contributed by atoms with van der Waals surface area (Å²) in [5.41, 5.74) is 0. The maximum atomic E-state index is 12.0. The van der Waals surface area contributed by atoms with Crippen molar-refractivity contribution in [3.8, 4) is 0 Å². The molecule has 3 aliphatic rings. The molecule has 0 N–H and O–H groups in total. The van der Waals surface area contributed by atoms with E-state index in [2.05, 4.69) is 26.0 Å². The number of amides is 1. The van der Waals surface area contributed by atoms with Crippen molar-refractivity contribution < 1.29 is 9.53 Å². The molecule has 2 heterocycles. The molecule has 3 heteroatoms. The Hall–Kier alpha value is -0.990. The molecule has 1 aliphatic carbocycles. The van der Waals surface area contributed by atoms with Crippen LogP contribution in [0.4, 0.5) is 4.79 Å². The van der Waals surface area contributed by atoms with E-state index in [1.54, 1.807) is 0 Å². The molecule has 0 aromatic heterocycles. The van der Waals surface area contributed by atoms with Gasteiger partial charge in [0.25, 0.3) is 0 Å². The molecule has 1 saturated heterocycles. The zero-order chi connectivity index (χ0) is 12.4. The Morgan fingerprint density at radius 1 is 1.41 bits per heavy atom. The molecule has 0 saturated carbocycles. The predicted molar refractivity (Wildman–Crippen MR) is 67.8 cm³/mol. The van der Waals surface area contributed by atoms with Crippen LogP contribution < -0.4 is 0 Å². The number of carbonyl (C=O) groups excluding carboxylic acids is 1. The minimum Gasteiger partial charge on any atom is -0.450 e. The number of hydrogen-bond donors (Lipinski definition) is 0. The zero-order valence-electron chi connectivity index (χ0n) is 11.1. The van der Waals surface area contributed by atoms with E-state index < -0.39 is 0 Å². The summed E-state index contributed by atoms with van der Waals surface area (Å²) < 4.78 is 5.20. The first-order valence-corrected chi connectivity index (χ1v) is 6.77. The predicted octanol–water partition coefficient (Wildman–Crippen LogP) is 3.21. The fraction of sp³-hybridized carbons (Fsp3) is 0.786. The molecule has 2 aliphatic heterocycles. The number of carbonyl (C=O) groups is 1. The number of rotatable bonds is 3. The lowest BCUT2D eigenvalue weighted by Crippen LogP contribution is -2.55. The molecule has 3 rings (SSSR count). The van der Waals surface area contributed by atoms with Crippen LogP contribution in [0.15, 0.2) is 12.2 Å². The van der Waals surface area contributed by atoms with Gasteiger partial charge in [-0.15, -0.1) is 0 Å². The highest BCUT2D eigenvalue weighted by molar-refractivity contribution is 5.69. The molecule has 0 aromatic carbocycles. The molecule has 3 atom stereocenters. The fourth-order valence-electron chi connectivity index (χ4n) is 3.07. The summed E-state index contributed by atoms with van der Waals surface area (Å²) in [4.78, 5) is 14.0. The summed E-state index contributed by atoms with van der Waals surface area (Å²) in [6.45, 7) is 6.77. The van der Waals surface area contributed by atoms with Crippen LogP contribution in [0.2, 0.25) is 0 Å². The quantitative estimate of drug-likeness (QED) is 0.705. The lowest BCUT2D eigenvalue weighted by Gasteiger charge is -2.48. The molecule has 17 heavy (non-hydrogen) atoms. The third-order valence-corrected chi connectivity index (χ3v) is 3.78. The Morgan fingerprint density at radius 3 is 2.71 bits per heavy atom. The SMILES string of the molecule is CCOC(=O)N1[C@H](CC(C)C)[C@@H]2C=C[C@H]1CC2. The Bertz CT molecular complexity index is 311. The van der Waals surface area contributed by atoms with Gasteiger partial charge in [0, 0.05) is 6.04 Å². The van der Waals surface area contributed by atoms with Gasteiger partial charge in [-0.2, -0.15) is 0 Å². The standard InChI is InChI=1S/C14H23NO2/c1-4-17-14(16)15-12-7-5-11(6-8-12)13(15)9-10(2)3/h5,7,10-13H,4,6,8-9H2,1-3H3/t11-,12+,13-/m1/s1. The number of piperidine rings is 1. The van der Waals surface area contributed by atoms with E-state index in [0.717, 1.165) is 12.8 Å². The summed E-state index contributed by atoms with van der Waals surface area (Å²) in [6.07, 6.45) is 7.74. The largest absolute Gasteiger partial charge is 0.450 e. The van der Waals surface area contributed by atoms with Crippen molar-refractivity contribution >= 4 is 6.09 Å². The highest BCUT2D eigenvalue weighted by Gasteiger charge is 2.41. The minimum absolute atomic E-state index is 0.128. The first-order valence-electron chi connectivity index (χ1n) is 6.77. The van der Waals surface area contributed by atoms with Gasteiger partial charge in [-0.25, -0.2) is 4.79 Å².